The average molecular weight is 515 g/mol. The molecule has 5 atom stereocenters. The molecule has 4 fully saturated rings. The third kappa shape index (κ3) is 4.54. The lowest BCUT2D eigenvalue weighted by molar-refractivity contribution is -0.146. The van der Waals surface area contributed by atoms with E-state index >= 15 is 0 Å². The molecule has 10 nitrogen and oxygen atoms in total. The van der Waals surface area contributed by atoms with Gasteiger partial charge in [0.2, 0.25) is 17.7 Å². The summed E-state index contributed by atoms with van der Waals surface area (Å²) in [7, 11) is 0. The number of nitrogens with one attached hydrogen (secondary N) is 2. The third-order valence-corrected chi connectivity index (χ3v) is 8.64. The van der Waals surface area contributed by atoms with Gasteiger partial charge in [-0.1, -0.05) is 25.1 Å². The molecule has 0 saturated carbocycles. The highest BCUT2D eigenvalue weighted by molar-refractivity contribution is 6.02. The smallest absolute Gasteiger partial charge is 0.245 e. The van der Waals surface area contributed by atoms with Crippen molar-refractivity contribution < 1.29 is 29.0 Å². The number of aliphatic hydroxyl groups excluding tert-OH is 1. The van der Waals surface area contributed by atoms with Crippen LogP contribution in [0.5, 0.6) is 0 Å². The lowest BCUT2D eigenvalue weighted by Gasteiger charge is -2.34. The fourth-order valence-corrected chi connectivity index (χ4v) is 6.90. The largest absolute Gasteiger partial charge is 0.396 e. The number of hydrogen-bond acceptors (Lipinski definition) is 7. The Hall–Kier alpha value is -2.53. The molecule has 4 aliphatic heterocycles. The number of carbonyl (C=O) groups is 3. The van der Waals surface area contributed by atoms with Gasteiger partial charge in [0, 0.05) is 45.0 Å². The van der Waals surface area contributed by atoms with Crippen molar-refractivity contribution in [3.63, 3.8) is 0 Å². The van der Waals surface area contributed by atoms with E-state index in [1.165, 1.54) is 0 Å². The van der Waals surface area contributed by atoms with Crippen LogP contribution in [0.25, 0.3) is 0 Å². The summed E-state index contributed by atoms with van der Waals surface area (Å²) in [6, 6.07) is 8.37. The molecular formula is C27H38N4O6. The zero-order chi connectivity index (χ0) is 26.0. The Balaban J connectivity index is 1.40. The maximum Gasteiger partial charge on any atom is 0.245 e. The molecule has 2 bridgehead atoms. The van der Waals surface area contributed by atoms with Crippen LogP contribution < -0.4 is 10.6 Å². The van der Waals surface area contributed by atoms with E-state index in [1.807, 2.05) is 37.3 Å². The summed E-state index contributed by atoms with van der Waals surface area (Å²) in [4.78, 5) is 45.1. The van der Waals surface area contributed by atoms with Gasteiger partial charge in [-0.15, -0.1) is 0 Å². The maximum atomic E-state index is 13.9. The highest BCUT2D eigenvalue weighted by atomic mass is 16.5. The van der Waals surface area contributed by atoms with Crippen LogP contribution in [0.3, 0.4) is 0 Å². The third-order valence-electron chi connectivity index (χ3n) is 8.64. The van der Waals surface area contributed by atoms with Crippen LogP contribution >= 0.6 is 0 Å². The number of carbonyl (C=O) groups excluding carboxylic acids is 3. The molecule has 4 heterocycles. The molecule has 5 rings (SSSR count). The standard InChI is InChI=1S/C27H38N4O6/c1-2-26-9-10-27(37-26)21(20(26)23(33)29-19-7-4-3-5-8-19)25(35)31(12-6-16-32)22(27)24(34)28-11-13-30-14-17-36-18-15-30/h3-5,7-8,20-22,32H,2,6,9-18H2,1H3,(H,28,34)(H,29,33)/t20-,21-,22?,26+,27?/m0/s1. The van der Waals surface area contributed by atoms with Gasteiger partial charge in [0.15, 0.2) is 0 Å². The summed E-state index contributed by atoms with van der Waals surface area (Å²) in [6.07, 6.45) is 2.09. The Morgan fingerprint density at radius 1 is 1.11 bits per heavy atom. The minimum Gasteiger partial charge on any atom is -0.396 e. The number of fused-ring (bicyclic) bond motifs is 1. The van der Waals surface area contributed by atoms with E-state index in [0.29, 0.717) is 57.7 Å². The Morgan fingerprint density at radius 2 is 1.86 bits per heavy atom. The van der Waals surface area contributed by atoms with Crippen molar-refractivity contribution in [3.05, 3.63) is 30.3 Å². The molecular weight excluding hydrogens is 476 g/mol. The van der Waals surface area contributed by atoms with Gasteiger partial charge < -0.3 is 30.1 Å². The number of ether oxygens (including phenoxy) is 2. The van der Waals surface area contributed by atoms with Crippen molar-refractivity contribution in [2.75, 3.05) is 57.9 Å². The summed E-state index contributed by atoms with van der Waals surface area (Å²) in [6.45, 7) is 6.30. The number of benzene rings is 1. The van der Waals surface area contributed by atoms with Crippen molar-refractivity contribution in [3.8, 4) is 0 Å². The number of para-hydroxylation sites is 1. The normalized spacial score (nSPS) is 33.0. The first kappa shape index (κ1) is 26.1. The number of hydrogen-bond donors (Lipinski definition) is 3. The minimum atomic E-state index is -1.05. The molecule has 0 aromatic heterocycles. The molecule has 37 heavy (non-hydrogen) atoms. The molecule has 0 radical (unpaired) electrons. The summed E-state index contributed by atoms with van der Waals surface area (Å²) in [5, 5.41) is 15.5. The Bertz CT molecular complexity index is 1000. The zero-order valence-corrected chi connectivity index (χ0v) is 21.5. The summed E-state index contributed by atoms with van der Waals surface area (Å²) < 4.78 is 12.1. The topological polar surface area (TPSA) is 120 Å². The minimum absolute atomic E-state index is 0.0928. The SMILES string of the molecule is CC[C@]12CCC3(O1)C(C(=O)NCCN1CCOCC1)N(CCCO)C(=O)[C@@H]3[C@H]2C(=O)Nc1ccccc1. The highest BCUT2D eigenvalue weighted by Crippen LogP contribution is 2.64. The number of nitrogens with zero attached hydrogens (tertiary/aromatic N) is 2. The quantitative estimate of drug-likeness (QED) is 0.418. The fourth-order valence-electron chi connectivity index (χ4n) is 6.90. The molecule has 1 aromatic rings. The average Bonchev–Trinajstić information content (AvgIpc) is 3.52. The van der Waals surface area contributed by atoms with Crippen LogP contribution in [0.1, 0.15) is 32.6 Å². The number of morpholine rings is 1. The molecule has 10 heteroatoms. The summed E-state index contributed by atoms with van der Waals surface area (Å²) in [5.74, 6) is -2.16. The van der Waals surface area contributed by atoms with Crippen molar-refractivity contribution in [2.45, 2.75) is 49.9 Å². The van der Waals surface area contributed by atoms with Gasteiger partial charge in [-0.2, -0.15) is 0 Å². The molecule has 0 aliphatic carbocycles. The lowest BCUT2D eigenvalue weighted by atomic mass is 9.65. The van der Waals surface area contributed by atoms with Crippen LogP contribution in [0, 0.1) is 11.8 Å². The van der Waals surface area contributed by atoms with Crippen LogP contribution in [-0.2, 0) is 23.9 Å². The first-order chi connectivity index (χ1) is 18.0. The Labute approximate surface area is 217 Å². The van der Waals surface area contributed by atoms with E-state index in [9.17, 15) is 19.5 Å². The molecule has 4 aliphatic rings. The van der Waals surface area contributed by atoms with E-state index in [2.05, 4.69) is 15.5 Å². The second-order valence-corrected chi connectivity index (χ2v) is 10.5. The van der Waals surface area contributed by atoms with Gasteiger partial charge >= 0.3 is 0 Å². The van der Waals surface area contributed by atoms with E-state index < -0.39 is 29.1 Å². The van der Waals surface area contributed by atoms with Crippen molar-refractivity contribution >= 4 is 23.4 Å². The monoisotopic (exact) mass is 514 g/mol. The molecule has 4 saturated heterocycles. The Morgan fingerprint density at radius 3 is 2.57 bits per heavy atom. The summed E-state index contributed by atoms with van der Waals surface area (Å²) >= 11 is 0. The Kier molecular flexibility index (Phi) is 7.53. The van der Waals surface area contributed by atoms with Gasteiger partial charge in [0.1, 0.15) is 11.6 Å². The molecule has 1 aromatic carbocycles. The van der Waals surface area contributed by atoms with Crippen LogP contribution in [0.4, 0.5) is 5.69 Å². The van der Waals surface area contributed by atoms with Gasteiger partial charge in [-0.3, -0.25) is 19.3 Å². The second-order valence-electron chi connectivity index (χ2n) is 10.5. The van der Waals surface area contributed by atoms with Crippen LogP contribution in [-0.4, -0.2) is 102 Å². The van der Waals surface area contributed by atoms with Crippen LogP contribution in [0.15, 0.2) is 30.3 Å². The molecule has 1 spiro atoms. The number of anilines is 1. The van der Waals surface area contributed by atoms with Gasteiger partial charge in [0.25, 0.3) is 0 Å². The van der Waals surface area contributed by atoms with Gasteiger partial charge in [0.05, 0.1) is 30.7 Å². The van der Waals surface area contributed by atoms with E-state index in [-0.39, 0.29) is 30.9 Å². The van der Waals surface area contributed by atoms with Crippen molar-refractivity contribution in [1.82, 2.24) is 15.1 Å². The number of rotatable bonds is 10. The van der Waals surface area contributed by atoms with Crippen molar-refractivity contribution in [1.29, 1.82) is 0 Å². The fraction of sp³-hybridized carbons (Fsp3) is 0.667. The lowest BCUT2D eigenvalue weighted by Crippen LogP contribution is -2.56. The molecule has 3 amide bonds. The first-order valence-corrected chi connectivity index (χ1v) is 13.5. The molecule has 3 N–H and O–H groups in total. The number of amides is 3. The van der Waals surface area contributed by atoms with Gasteiger partial charge in [-0.05, 0) is 37.8 Å². The number of aliphatic hydroxyl groups is 1. The number of likely N-dealkylation sites (tertiary alicyclic amines) is 1. The molecule has 2 unspecified atom stereocenters. The van der Waals surface area contributed by atoms with Gasteiger partial charge in [-0.25, -0.2) is 0 Å². The second kappa shape index (κ2) is 10.7. The van der Waals surface area contributed by atoms with Crippen LogP contribution in [0.2, 0.25) is 0 Å². The zero-order valence-electron chi connectivity index (χ0n) is 21.5. The molecule has 202 valence electrons. The maximum absolute atomic E-state index is 13.9. The predicted molar refractivity (Wildman–Crippen MR) is 136 cm³/mol. The first-order valence-electron chi connectivity index (χ1n) is 13.5. The van der Waals surface area contributed by atoms with E-state index in [0.717, 1.165) is 13.1 Å². The van der Waals surface area contributed by atoms with E-state index in [1.54, 1.807) is 4.90 Å². The summed E-state index contributed by atoms with van der Waals surface area (Å²) in [5.41, 5.74) is -1.17. The van der Waals surface area contributed by atoms with E-state index in [4.69, 9.17) is 9.47 Å². The van der Waals surface area contributed by atoms with Crippen molar-refractivity contribution in [2.24, 2.45) is 11.8 Å². The predicted octanol–water partition coefficient (Wildman–Crippen LogP) is 0.611. The highest BCUT2D eigenvalue weighted by Gasteiger charge is 2.78.